The van der Waals surface area contributed by atoms with E-state index in [1.165, 1.54) is 0 Å². The zero-order chi connectivity index (χ0) is 15.2. The number of ether oxygens (including phenoxy) is 1. The fraction of sp³-hybridized carbons (Fsp3) is 0.333. The SMILES string of the molecule is COc1ccc(-n2ccc(CNC(=O)C(C)CN)n2)cc1. The van der Waals surface area contributed by atoms with Gasteiger partial charge in [0.25, 0.3) is 0 Å². The minimum absolute atomic E-state index is 0.0588. The number of nitrogens with one attached hydrogen (secondary N) is 1. The van der Waals surface area contributed by atoms with Crippen LogP contribution in [-0.2, 0) is 11.3 Å². The first-order valence-corrected chi connectivity index (χ1v) is 6.80. The highest BCUT2D eigenvalue weighted by Gasteiger charge is 2.10. The Bertz CT molecular complexity index is 592. The van der Waals surface area contributed by atoms with Crippen molar-refractivity contribution in [1.82, 2.24) is 15.1 Å². The standard InChI is InChI=1S/C15H20N4O2/c1-11(9-16)15(20)17-10-12-7-8-19(18-12)13-3-5-14(21-2)6-4-13/h3-8,11H,9-10,16H2,1-2H3,(H,17,20). The minimum atomic E-state index is -0.186. The molecule has 112 valence electrons. The molecule has 6 nitrogen and oxygen atoms in total. The minimum Gasteiger partial charge on any atom is -0.497 e. The van der Waals surface area contributed by atoms with Crippen LogP contribution >= 0.6 is 0 Å². The van der Waals surface area contributed by atoms with Crippen LogP contribution in [0.3, 0.4) is 0 Å². The molecule has 0 saturated carbocycles. The lowest BCUT2D eigenvalue weighted by atomic mass is 10.2. The molecule has 0 fully saturated rings. The van der Waals surface area contributed by atoms with Gasteiger partial charge in [-0.1, -0.05) is 6.92 Å². The molecule has 1 aromatic carbocycles. The average molecular weight is 288 g/mol. The number of methoxy groups -OCH3 is 1. The molecular formula is C15H20N4O2. The smallest absolute Gasteiger partial charge is 0.224 e. The molecular weight excluding hydrogens is 268 g/mol. The Morgan fingerprint density at radius 1 is 1.38 bits per heavy atom. The topological polar surface area (TPSA) is 82.2 Å². The van der Waals surface area contributed by atoms with Gasteiger partial charge in [0.05, 0.1) is 25.0 Å². The lowest BCUT2D eigenvalue weighted by Crippen LogP contribution is -2.32. The molecule has 0 aliphatic rings. The van der Waals surface area contributed by atoms with Gasteiger partial charge in [-0.15, -0.1) is 0 Å². The Morgan fingerprint density at radius 3 is 2.71 bits per heavy atom. The van der Waals surface area contributed by atoms with Crippen LogP contribution in [0.1, 0.15) is 12.6 Å². The maximum atomic E-state index is 11.7. The average Bonchev–Trinajstić information content (AvgIpc) is 3.00. The molecule has 1 unspecified atom stereocenters. The molecule has 0 saturated heterocycles. The van der Waals surface area contributed by atoms with E-state index in [1.807, 2.05) is 36.5 Å². The summed E-state index contributed by atoms with van der Waals surface area (Å²) in [5.41, 5.74) is 7.18. The zero-order valence-corrected chi connectivity index (χ0v) is 12.2. The summed E-state index contributed by atoms with van der Waals surface area (Å²) in [4.78, 5) is 11.7. The fourth-order valence-corrected chi connectivity index (χ4v) is 1.79. The van der Waals surface area contributed by atoms with Gasteiger partial charge in [0, 0.05) is 18.7 Å². The predicted octanol–water partition coefficient (Wildman–Crippen LogP) is 1.09. The Morgan fingerprint density at radius 2 is 2.10 bits per heavy atom. The summed E-state index contributed by atoms with van der Waals surface area (Å²) in [6.45, 7) is 2.53. The zero-order valence-electron chi connectivity index (χ0n) is 12.2. The Hall–Kier alpha value is -2.34. The molecule has 0 bridgehead atoms. The van der Waals surface area contributed by atoms with Crippen molar-refractivity contribution in [3.63, 3.8) is 0 Å². The molecule has 2 rings (SSSR count). The van der Waals surface area contributed by atoms with Crippen LogP contribution in [0.25, 0.3) is 5.69 Å². The van der Waals surface area contributed by atoms with Crippen molar-refractivity contribution in [2.75, 3.05) is 13.7 Å². The molecule has 1 atom stereocenters. The molecule has 1 amide bonds. The van der Waals surface area contributed by atoms with E-state index in [-0.39, 0.29) is 11.8 Å². The van der Waals surface area contributed by atoms with Crippen LogP contribution in [0.5, 0.6) is 5.75 Å². The summed E-state index contributed by atoms with van der Waals surface area (Å²) in [5, 5.41) is 7.24. The van der Waals surface area contributed by atoms with Crippen molar-refractivity contribution in [3.8, 4) is 11.4 Å². The quantitative estimate of drug-likeness (QED) is 0.833. The maximum Gasteiger partial charge on any atom is 0.224 e. The summed E-state index contributed by atoms with van der Waals surface area (Å²) in [5.74, 6) is 0.555. The largest absolute Gasteiger partial charge is 0.497 e. The van der Waals surface area contributed by atoms with E-state index in [1.54, 1.807) is 18.7 Å². The molecule has 3 N–H and O–H groups in total. The summed E-state index contributed by atoms with van der Waals surface area (Å²) < 4.78 is 6.88. The number of aromatic nitrogens is 2. The number of amides is 1. The summed E-state index contributed by atoms with van der Waals surface area (Å²) >= 11 is 0. The van der Waals surface area contributed by atoms with Gasteiger partial charge >= 0.3 is 0 Å². The Labute approximate surface area is 123 Å². The van der Waals surface area contributed by atoms with Gasteiger partial charge in [-0.05, 0) is 30.3 Å². The second-order valence-electron chi connectivity index (χ2n) is 4.80. The summed E-state index contributed by atoms with van der Waals surface area (Å²) in [6.07, 6.45) is 1.86. The lowest BCUT2D eigenvalue weighted by molar-refractivity contribution is -0.124. The van der Waals surface area contributed by atoms with Gasteiger partial charge in [0.2, 0.25) is 5.91 Å². The molecule has 1 heterocycles. The second-order valence-corrected chi connectivity index (χ2v) is 4.80. The van der Waals surface area contributed by atoms with Crippen LogP contribution in [0, 0.1) is 5.92 Å². The van der Waals surface area contributed by atoms with Crippen LogP contribution in [0.15, 0.2) is 36.5 Å². The first-order chi connectivity index (χ1) is 10.1. The highest BCUT2D eigenvalue weighted by Crippen LogP contribution is 2.14. The third-order valence-corrected chi connectivity index (χ3v) is 3.23. The van der Waals surface area contributed by atoms with Crippen molar-refractivity contribution in [1.29, 1.82) is 0 Å². The van der Waals surface area contributed by atoms with Gasteiger partial charge in [-0.25, -0.2) is 4.68 Å². The van der Waals surface area contributed by atoms with E-state index in [0.29, 0.717) is 13.1 Å². The number of nitrogens with two attached hydrogens (primary N) is 1. The van der Waals surface area contributed by atoms with Gasteiger partial charge in [0.1, 0.15) is 5.75 Å². The monoisotopic (exact) mass is 288 g/mol. The highest BCUT2D eigenvalue weighted by molar-refractivity contribution is 5.78. The van der Waals surface area contributed by atoms with E-state index in [2.05, 4.69) is 10.4 Å². The number of nitrogens with zero attached hydrogens (tertiary/aromatic N) is 2. The molecule has 6 heteroatoms. The van der Waals surface area contributed by atoms with Crippen LogP contribution in [0.2, 0.25) is 0 Å². The number of hydrogen-bond donors (Lipinski definition) is 2. The van der Waals surface area contributed by atoms with Gasteiger partial charge in [-0.2, -0.15) is 5.10 Å². The normalized spacial score (nSPS) is 12.0. The van der Waals surface area contributed by atoms with Crippen LogP contribution in [0.4, 0.5) is 0 Å². The number of carbonyl (C=O) groups excluding carboxylic acids is 1. The molecule has 0 radical (unpaired) electrons. The van der Waals surface area contributed by atoms with E-state index in [4.69, 9.17) is 10.5 Å². The van der Waals surface area contributed by atoms with Gasteiger partial charge < -0.3 is 15.8 Å². The number of benzene rings is 1. The van der Waals surface area contributed by atoms with E-state index in [0.717, 1.165) is 17.1 Å². The summed E-state index contributed by atoms with van der Waals surface area (Å²) in [7, 11) is 1.63. The number of hydrogen-bond acceptors (Lipinski definition) is 4. The van der Waals surface area contributed by atoms with Crippen molar-refractivity contribution in [2.45, 2.75) is 13.5 Å². The summed E-state index contributed by atoms with van der Waals surface area (Å²) in [6, 6.07) is 9.47. The van der Waals surface area contributed by atoms with Crippen molar-refractivity contribution >= 4 is 5.91 Å². The molecule has 1 aromatic heterocycles. The molecule has 0 spiro atoms. The van der Waals surface area contributed by atoms with Crippen molar-refractivity contribution in [2.24, 2.45) is 11.7 Å². The lowest BCUT2D eigenvalue weighted by Gasteiger charge is -2.08. The third-order valence-electron chi connectivity index (χ3n) is 3.23. The molecule has 0 aliphatic heterocycles. The van der Waals surface area contributed by atoms with E-state index < -0.39 is 0 Å². The molecule has 2 aromatic rings. The fourth-order valence-electron chi connectivity index (χ4n) is 1.79. The number of carbonyl (C=O) groups is 1. The van der Waals surface area contributed by atoms with Crippen LogP contribution in [-0.4, -0.2) is 29.3 Å². The maximum absolute atomic E-state index is 11.7. The first-order valence-electron chi connectivity index (χ1n) is 6.80. The third kappa shape index (κ3) is 3.82. The van der Waals surface area contributed by atoms with E-state index >= 15 is 0 Å². The predicted molar refractivity (Wildman–Crippen MR) is 80.2 cm³/mol. The van der Waals surface area contributed by atoms with Gasteiger partial charge in [0.15, 0.2) is 0 Å². The first kappa shape index (κ1) is 15.1. The second kappa shape index (κ2) is 6.90. The highest BCUT2D eigenvalue weighted by atomic mass is 16.5. The Kier molecular flexibility index (Phi) is 4.94. The van der Waals surface area contributed by atoms with Crippen molar-refractivity contribution in [3.05, 3.63) is 42.2 Å². The van der Waals surface area contributed by atoms with Gasteiger partial charge in [-0.3, -0.25) is 4.79 Å². The van der Waals surface area contributed by atoms with Crippen molar-refractivity contribution < 1.29 is 9.53 Å². The Balaban J connectivity index is 1.99. The molecule has 0 aliphatic carbocycles. The van der Waals surface area contributed by atoms with Crippen LogP contribution < -0.4 is 15.8 Å². The van der Waals surface area contributed by atoms with E-state index in [9.17, 15) is 4.79 Å². The molecule has 21 heavy (non-hydrogen) atoms. The number of rotatable bonds is 6.